The van der Waals surface area contributed by atoms with Gasteiger partial charge in [-0.1, -0.05) is 24.3 Å². The Labute approximate surface area is 122 Å². The summed E-state index contributed by atoms with van der Waals surface area (Å²) in [5, 5.41) is 1.06. The first-order valence-electron chi connectivity index (χ1n) is 6.81. The van der Waals surface area contributed by atoms with E-state index in [-0.39, 0.29) is 11.9 Å². The van der Waals surface area contributed by atoms with E-state index in [0.717, 1.165) is 22.0 Å². The van der Waals surface area contributed by atoms with Crippen LogP contribution in [0.25, 0.3) is 10.9 Å². The van der Waals surface area contributed by atoms with Crippen LogP contribution in [0.2, 0.25) is 0 Å². The van der Waals surface area contributed by atoms with Crippen LogP contribution < -0.4 is 11.3 Å². The van der Waals surface area contributed by atoms with Crippen LogP contribution >= 0.6 is 0 Å². The van der Waals surface area contributed by atoms with Crippen LogP contribution in [0.4, 0.5) is 4.39 Å². The van der Waals surface area contributed by atoms with E-state index in [4.69, 9.17) is 5.84 Å². The van der Waals surface area contributed by atoms with E-state index in [0.29, 0.717) is 6.42 Å². The molecule has 0 aliphatic carbocycles. The molecule has 0 amide bonds. The summed E-state index contributed by atoms with van der Waals surface area (Å²) >= 11 is 0. The van der Waals surface area contributed by atoms with Crippen molar-refractivity contribution in [2.75, 3.05) is 0 Å². The van der Waals surface area contributed by atoms with Gasteiger partial charge in [-0.05, 0) is 47.9 Å². The molecule has 106 valence electrons. The minimum absolute atomic E-state index is 0.0728. The molecule has 1 atom stereocenters. The normalized spacial score (nSPS) is 12.5. The fraction of sp³-hybridized carbons (Fsp3) is 0.118. The topological polar surface area (TPSA) is 50.9 Å². The molecule has 0 saturated carbocycles. The number of fused-ring (bicyclic) bond motifs is 1. The van der Waals surface area contributed by atoms with Crippen LogP contribution in [-0.4, -0.2) is 4.98 Å². The quantitative estimate of drug-likeness (QED) is 0.570. The lowest BCUT2D eigenvalue weighted by molar-refractivity contribution is 0.549. The largest absolute Gasteiger partial charge is 0.271 e. The highest BCUT2D eigenvalue weighted by Crippen LogP contribution is 2.22. The van der Waals surface area contributed by atoms with Gasteiger partial charge in [-0.2, -0.15) is 0 Å². The van der Waals surface area contributed by atoms with E-state index >= 15 is 0 Å². The highest BCUT2D eigenvalue weighted by Gasteiger charge is 2.11. The Morgan fingerprint density at radius 3 is 2.81 bits per heavy atom. The zero-order valence-electron chi connectivity index (χ0n) is 11.5. The van der Waals surface area contributed by atoms with Gasteiger partial charge in [0.1, 0.15) is 5.82 Å². The molecular formula is C17H16FN3. The second-order valence-corrected chi connectivity index (χ2v) is 5.01. The third kappa shape index (κ3) is 3.07. The van der Waals surface area contributed by atoms with Gasteiger partial charge in [0.25, 0.3) is 0 Å². The standard InChI is InChI=1S/C17H16FN3/c18-15-5-1-3-12(9-15)10-17(21-19)14-6-7-16-13(11-14)4-2-8-20-16/h1-9,11,17,21H,10,19H2. The molecular weight excluding hydrogens is 265 g/mol. The van der Waals surface area contributed by atoms with Crippen LogP contribution in [0.15, 0.2) is 60.8 Å². The minimum atomic E-state index is -0.231. The van der Waals surface area contributed by atoms with Crippen molar-refractivity contribution in [1.82, 2.24) is 10.4 Å². The molecule has 0 spiro atoms. The number of nitrogens with zero attached hydrogens (tertiary/aromatic N) is 1. The summed E-state index contributed by atoms with van der Waals surface area (Å²) < 4.78 is 13.3. The number of rotatable bonds is 4. The Bertz CT molecular complexity index is 758. The summed E-state index contributed by atoms with van der Waals surface area (Å²) in [6.45, 7) is 0. The maximum absolute atomic E-state index is 13.3. The third-order valence-corrected chi connectivity index (χ3v) is 3.56. The molecule has 0 bridgehead atoms. The molecule has 1 unspecified atom stereocenters. The van der Waals surface area contributed by atoms with Crippen LogP contribution in [0.1, 0.15) is 17.2 Å². The highest BCUT2D eigenvalue weighted by atomic mass is 19.1. The molecule has 0 radical (unpaired) electrons. The first-order valence-corrected chi connectivity index (χ1v) is 6.81. The number of aromatic nitrogens is 1. The number of hydrogen-bond donors (Lipinski definition) is 2. The number of hydrogen-bond acceptors (Lipinski definition) is 3. The van der Waals surface area contributed by atoms with Gasteiger partial charge in [-0.3, -0.25) is 16.3 Å². The first-order chi connectivity index (χ1) is 10.3. The van der Waals surface area contributed by atoms with E-state index in [1.54, 1.807) is 12.3 Å². The number of halogens is 1. The number of benzene rings is 2. The van der Waals surface area contributed by atoms with Gasteiger partial charge in [-0.15, -0.1) is 0 Å². The van der Waals surface area contributed by atoms with Gasteiger partial charge in [0.05, 0.1) is 11.6 Å². The van der Waals surface area contributed by atoms with Gasteiger partial charge < -0.3 is 0 Å². The zero-order chi connectivity index (χ0) is 14.7. The van der Waals surface area contributed by atoms with Gasteiger partial charge in [-0.25, -0.2) is 4.39 Å². The lowest BCUT2D eigenvalue weighted by Crippen LogP contribution is -2.29. The smallest absolute Gasteiger partial charge is 0.123 e. The maximum atomic E-state index is 13.3. The van der Waals surface area contributed by atoms with Gasteiger partial charge in [0.15, 0.2) is 0 Å². The second kappa shape index (κ2) is 5.99. The lowest BCUT2D eigenvalue weighted by atomic mass is 9.98. The molecule has 3 nitrogen and oxygen atoms in total. The molecule has 0 aliphatic rings. The van der Waals surface area contributed by atoms with Crippen molar-refractivity contribution in [1.29, 1.82) is 0 Å². The second-order valence-electron chi connectivity index (χ2n) is 5.01. The van der Waals surface area contributed by atoms with Crippen LogP contribution in [0.3, 0.4) is 0 Å². The predicted octanol–water partition coefficient (Wildman–Crippen LogP) is 3.12. The number of nitrogens with two attached hydrogens (primary N) is 1. The Balaban J connectivity index is 1.90. The van der Waals surface area contributed by atoms with E-state index in [1.807, 2.05) is 30.3 Å². The van der Waals surface area contributed by atoms with E-state index < -0.39 is 0 Å². The molecule has 3 rings (SSSR count). The van der Waals surface area contributed by atoms with Crippen LogP contribution in [0.5, 0.6) is 0 Å². The molecule has 0 fully saturated rings. The summed E-state index contributed by atoms with van der Waals surface area (Å²) in [5.74, 6) is 5.44. The molecule has 0 saturated heterocycles. The van der Waals surface area contributed by atoms with Crippen molar-refractivity contribution in [3.05, 3.63) is 77.7 Å². The molecule has 1 heterocycles. The SMILES string of the molecule is NNC(Cc1cccc(F)c1)c1ccc2ncccc2c1. The average molecular weight is 281 g/mol. The first kappa shape index (κ1) is 13.7. The Kier molecular flexibility index (Phi) is 3.90. The summed E-state index contributed by atoms with van der Waals surface area (Å²) in [5.41, 5.74) is 5.72. The molecule has 4 heteroatoms. The minimum Gasteiger partial charge on any atom is -0.271 e. The predicted molar refractivity (Wildman–Crippen MR) is 81.9 cm³/mol. The van der Waals surface area contributed by atoms with E-state index in [9.17, 15) is 4.39 Å². The van der Waals surface area contributed by atoms with Crippen molar-refractivity contribution in [3.63, 3.8) is 0 Å². The van der Waals surface area contributed by atoms with E-state index in [1.165, 1.54) is 12.1 Å². The summed E-state index contributed by atoms with van der Waals surface area (Å²) in [4.78, 5) is 4.30. The molecule has 3 N–H and O–H groups in total. The van der Waals surface area contributed by atoms with Crippen molar-refractivity contribution < 1.29 is 4.39 Å². The Morgan fingerprint density at radius 2 is 2.00 bits per heavy atom. The fourth-order valence-corrected chi connectivity index (χ4v) is 2.48. The number of hydrazine groups is 1. The summed E-state index contributed by atoms with van der Waals surface area (Å²) in [6.07, 6.45) is 2.40. The third-order valence-electron chi connectivity index (χ3n) is 3.56. The van der Waals surface area contributed by atoms with Crippen LogP contribution in [-0.2, 0) is 6.42 Å². The average Bonchev–Trinajstić information content (AvgIpc) is 2.52. The monoisotopic (exact) mass is 281 g/mol. The highest BCUT2D eigenvalue weighted by molar-refractivity contribution is 5.79. The van der Waals surface area contributed by atoms with Gasteiger partial charge in [0.2, 0.25) is 0 Å². The zero-order valence-corrected chi connectivity index (χ0v) is 11.5. The molecule has 0 aliphatic heterocycles. The molecule has 21 heavy (non-hydrogen) atoms. The number of pyridine rings is 1. The molecule has 2 aromatic carbocycles. The van der Waals surface area contributed by atoms with Crippen molar-refractivity contribution in [3.8, 4) is 0 Å². The van der Waals surface area contributed by atoms with Crippen molar-refractivity contribution in [2.45, 2.75) is 12.5 Å². The fourth-order valence-electron chi connectivity index (χ4n) is 2.48. The van der Waals surface area contributed by atoms with Crippen molar-refractivity contribution >= 4 is 10.9 Å². The Morgan fingerprint density at radius 1 is 1.10 bits per heavy atom. The summed E-state index contributed by atoms with van der Waals surface area (Å²) in [7, 11) is 0. The number of nitrogens with one attached hydrogen (secondary N) is 1. The summed E-state index contributed by atoms with van der Waals surface area (Å²) in [6, 6.07) is 16.5. The molecule has 1 aromatic heterocycles. The van der Waals surface area contributed by atoms with Gasteiger partial charge >= 0.3 is 0 Å². The Hall–Kier alpha value is -2.30. The maximum Gasteiger partial charge on any atom is 0.123 e. The van der Waals surface area contributed by atoms with Crippen molar-refractivity contribution in [2.24, 2.45) is 5.84 Å². The molecule has 3 aromatic rings. The lowest BCUT2D eigenvalue weighted by Gasteiger charge is -2.17. The van der Waals surface area contributed by atoms with Crippen LogP contribution in [0, 0.1) is 5.82 Å². The van der Waals surface area contributed by atoms with Gasteiger partial charge in [0, 0.05) is 11.6 Å². The van der Waals surface area contributed by atoms with E-state index in [2.05, 4.69) is 16.5 Å².